The molecule has 1 aromatic rings. The fourth-order valence-electron chi connectivity index (χ4n) is 2.16. The lowest BCUT2D eigenvalue weighted by molar-refractivity contribution is 0.714. The van der Waals surface area contributed by atoms with Gasteiger partial charge in [-0.2, -0.15) is 0 Å². The first kappa shape index (κ1) is 16.6. The van der Waals surface area contributed by atoms with E-state index in [9.17, 15) is 0 Å². The molecule has 1 heteroatoms. The van der Waals surface area contributed by atoms with Crippen molar-refractivity contribution in [1.82, 2.24) is 0 Å². The van der Waals surface area contributed by atoms with Crippen LogP contribution in [0, 0.1) is 0 Å². The van der Waals surface area contributed by atoms with Crippen molar-refractivity contribution in [3.05, 3.63) is 53.6 Å². The van der Waals surface area contributed by atoms with E-state index in [2.05, 4.69) is 75.5 Å². The maximum absolute atomic E-state index is 3.53. The number of hydrogen-bond acceptors (Lipinski definition) is 1. The quantitative estimate of drug-likeness (QED) is 0.575. The molecule has 0 amide bonds. The second-order valence-corrected chi connectivity index (χ2v) is 5.86. The van der Waals surface area contributed by atoms with E-state index in [0.29, 0.717) is 6.04 Å². The molecule has 0 fully saturated rings. The standard InChI is InChI=1S/C19H29N/c1-16(2)10-8-11-17(3)12-9-13-18(4)20-19-14-6-5-7-15-19/h5-7,10,12,14-15,18,20H,8-9,11,13H2,1-4H3. The van der Waals surface area contributed by atoms with Crippen LogP contribution in [0.25, 0.3) is 0 Å². The minimum absolute atomic E-state index is 0.513. The van der Waals surface area contributed by atoms with Gasteiger partial charge in [0.25, 0.3) is 0 Å². The Morgan fingerprint density at radius 1 is 1.05 bits per heavy atom. The van der Waals surface area contributed by atoms with Crippen molar-refractivity contribution in [3.8, 4) is 0 Å². The van der Waals surface area contributed by atoms with Crippen molar-refractivity contribution < 1.29 is 0 Å². The van der Waals surface area contributed by atoms with Gasteiger partial charge in [0.1, 0.15) is 0 Å². The fraction of sp³-hybridized carbons (Fsp3) is 0.474. The summed E-state index contributed by atoms with van der Waals surface area (Å²) < 4.78 is 0. The van der Waals surface area contributed by atoms with Gasteiger partial charge in [0, 0.05) is 11.7 Å². The van der Waals surface area contributed by atoms with Gasteiger partial charge in [-0.05, 0) is 65.5 Å². The zero-order chi connectivity index (χ0) is 14.8. The Kier molecular flexibility index (Phi) is 7.79. The number of allylic oxidation sites excluding steroid dienone is 4. The average Bonchev–Trinajstić information content (AvgIpc) is 2.39. The van der Waals surface area contributed by atoms with Crippen molar-refractivity contribution >= 4 is 5.69 Å². The number of para-hydroxylation sites is 1. The minimum Gasteiger partial charge on any atom is -0.383 e. The number of rotatable bonds is 8. The van der Waals surface area contributed by atoms with Gasteiger partial charge in [-0.1, -0.05) is 41.5 Å². The highest BCUT2D eigenvalue weighted by Gasteiger charge is 2.00. The van der Waals surface area contributed by atoms with Crippen LogP contribution in [0.5, 0.6) is 0 Å². The molecular weight excluding hydrogens is 242 g/mol. The minimum atomic E-state index is 0.513. The Bertz CT molecular complexity index is 424. The van der Waals surface area contributed by atoms with Crippen molar-refractivity contribution in [3.63, 3.8) is 0 Å². The van der Waals surface area contributed by atoms with Gasteiger partial charge in [0.15, 0.2) is 0 Å². The summed E-state index contributed by atoms with van der Waals surface area (Å²) in [6, 6.07) is 11.0. The van der Waals surface area contributed by atoms with Gasteiger partial charge < -0.3 is 5.32 Å². The lowest BCUT2D eigenvalue weighted by Crippen LogP contribution is -2.14. The van der Waals surface area contributed by atoms with Crippen LogP contribution in [-0.4, -0.2) is 6.04 Å². The van der Waals surface area contributed by atoms with Crippen molar-refractivity contribution in [2.75, 3.05) is 5.32 Å². The molecule has 0 bridgehead atoms. The SMILES string of the molecule is CC(C)=CCCC(C)=CCCC(C)Nc1ccccc1. The topological polar surface area (TPSA) is 12.0 Å². The van der Waals surface area contributed by atoms with Crippen LogP contribution in [0.3, 0.4) is 0 Å². The lowest BCUT2D eigenvalue weighted by Gasteiger charge is -2.14. The third-order valence-corrected chi connectivity index (χ3v) is 3.37. The summed E-state index contributed by atoms with van der Waals surface area (Å²) in [5.41, 5.74) is 4.14. The molecule has 20 heavy (non-hydrogen) atoms. The monoisotopic (exact) mass is 271 g/mol. The number of hydrogen-bond donors (Lipinski definition) is 1. The Balaban J connectivity index is 2.23. The summed E-state index contributed by atoms with van der Waals surface area (Å²) in [6.07, 6.45) is 9.39. The highest BCUT2D eigenvalue weighted by Crippen LogP contribution is 2.12. The van der Waals surface area contributed by atoms with Gasteiger partial charge >= 0.3 is 0 Å². The number of benzene rings is 1. The molecular formula is C19H29N. The van der Waals surface area contributed by atoms with Gasteiger partial charge in [0.05, 0.1) is 0 Å². The normalized spacial score (nSPS) is 12.9. The first-order valence-corrected chi connectivity index (χ1v) is 7.68. The highest BCUT2D eigenvalue weighted by atomic mass is 14.9. The second-order valence-electron chi connectivity index (χ2n) is 5.86. The van der Waals surface area contributed by atoms with Gasteiger partial charge in [-0.3, -0.25) is 0 Å². The predicted octanol–water partition coefficient (Wildman–Crippen LogP) is 5.96. The third-order valence-electron chi connectivity index (χ3n) is 3.37. The van der Waals surface area contributed by atoms with Crippen LogP contribution in [0.15, 0.2) is 53.6 Å². The molecule has 0 aliphatic rings. The van der Waals surface area contributed by atoms with Gasteiger partial charge in [0.2, 0.25) is 0 Å². The number of anilines is 1. The van der Waals surface area contributed by atoms with Crippen LogP contribution in [0.2, 0.25) is 0 Å². The van der Waals surface area contributed by atoms with E-state index in [-0.39, 0.29) is 0 Å². The molecule has 1 unspecified atom stereocenters. The van der Waals surface area contributed by atoms with Crippen molar-refractivity contribution in [1.29, 1.82) is 0 Å². The Hall–Kier alpha value is -1.50. The Labute approximate surface area is 124 Å². The molecule has 0 saturated heterocycles. The molecule has 1 N–H and O–H groups in total. The zero-order valence-corrected chi connectivity index (χ0v) is 13.4. The summed E-state index contributed by atoms with van der Waals surface area (Å²) in [7, 11) is 0. The summed E-state index contributed by atoms with van der Waals surface area (Å²) in [6.45, 7) is 8.82. The molecule has 0 radical (unpaired) electrons. The van der Waals surface area contributed by atoms with Crippen LogP contribution in [-0.2, 0) is 0 Å². The van der Waals surface area contributed by atoms with Crippen LogP contribution < -0.4 is 5.32 Å². The van der Waals surface area contributed by atoms with Gasteiger partial charge in [-0.15, -0.1) is 0 Å². The van der Waals surface area contributed by atoms with E-state index >= 15 is 0 Å². The molecule has 110 valence electrons. The fourth-order valence-corrected chi connectivity index (χ4v) is 2.16. The second kappa shape index (κ2) is 9.41. The molecule has 0 aromatic heterocycles. The van der Waals surface area contributed by atoms with E-state index in [1.54, 1.807) is 0 Å². The van der Waals surface area contributed by atoms with Gasteiger partial charge in [-0.25, -0.2) is 0 Å². The first-order valence-electron chi connectivity index (χ1n) is 7.68. The molecule has 1 rings (SSSR count). The molecule has 1 nitrogen and oxygen atoms in total. The summed E-state index contributed by atoms with van der Waals surface area (Å²) >= 11 is 0. The molecule has 0 aliphatic heterocycles. The predicted molar refractivity (Wildman–Crippen MR) is 91.2 cm³/mol. The Morgan fingerprint density at radius 3 is 2.40 bits per heavy atom. The molecule has 0 spiro atoms. The summed E-state index contributed by atoms with van der Waals surface area (Å²) in [4.78, 5) is 0. The van der Waals surface area contributed by atoms with E-state index in [4.69, 9.17) is 0 Å². The molecule has 1 aromatic carbocycles. The van der Waals surface area contributed by atoms with E-state index in [1.165, 1.54) is 36.1 Å². The smallest absolute Gasteiger partial charge is 0.0342 e. The van der Waals surface area contributed by atoms with E-state index in [1.807, 2.05) is 0 Å². The average molecular weight is 271 g/mol. The highest BCUT2D eigenvalue weighted by molar-refractivity contribution is 5.43. The zero-order valence-electron chi connectivity index (χ0n) is 13.4. The molecule has 0 heterocycles. The van der Waals surface area contributed by atoms with Crippen LogP contribution >= 0.6 is 0 Å². The third kappa shape index (κ3) is 7.83. The summed E-state index contributed by atoms with van der Waals surface area (Å²) in [5.74, 6) is 0. The molecule has 0 aliphatic carbocycles. The van der Waals surface area contributed by atoms with Crippen molar-refractivity contribution in [2.24, 2.45) is 0 Å². The number of nitrogens with one attached hydrogen (secondary N) is 1. The maximum Gasteiger partial charge on any atom is 0.0342 e. The van der Waals surface area contributed by atoms with Crippen LogP contribution in [0.1, 0.15) is 53.4 Å². The maximum atomic E-state index is 3.53. The van der Waals surface area contributed by atoms with E-state index < -0.39 is 0 Å². The first-order chi connectivity index (χ1) is 9.58. The molecule has 0 saturated carbocycles. The molecule has 1 atom stereocenters. The lowest BCUT2D eigenvalue weighted by atomic mass is 10.1. The Morgan fingerprint density at radius 2 is 1.75 bits per heavy atom. The summed E-state index contributed by atoms with van der Waals surface area (Å²) in [5, 5.41) is 3.53. The largest absolute Gasteiger partial charge is 0.383 e. The van der Waals surface area contributed by atoms with Crippen LogP contribution in [0.4, 0.5) is 5.69 Å². The van der Waals surface area contributed by atoms with E-state index in [0.717, 1.165) is 6.42 Å². The van der Waals surface area contributed by atoms with Crippen molar-refractivity contribution in [2.45, 2.75) is 59.4 Å².